The third kappa shape index (κ3) is 5.47. The number of ether oxygens (including phenoxy) is 1. The van der Waals surface area contributed by atoms with Crippen molar-refractivity contribution in [2.75, 3.05) is 46.4 Å². The SMILES string of the molecule is CN1CCC(CNCC(=O)NC2CCOCC2)CC1. The molecule has 1 amide bonds. The molecule has 2 N–H and O–H groups in total. The number of carbonyl (C=O) groups excluding carboxylic acids is 1. The van der Waals surface area contributed by atoms with Crippen LogP contribution in [0, 0.1) is 5.92 Å². The van der Waals surface area contributed by atoms with Crippen LogP contribution in [0.5, 0.6) is 0 Å². The Morgan fingerprint density at radius 3 is 2.58 bits per heavy atom. The van der Waals surface area contributed by atoms with Crippen LogP contribution in [0.4, 0.5) is 0 Å². The smallest absolute Gasteiger partial charge is 0.234 e. The minimum atomic E-state index is 0.125. The van der Waals surface area contributed by atoms with Crippen LogP contribution in [0.15, 0.2) is 0 Å². The van der Waals surface area contributed by atoms with E-state index in [1.54, 1.807) is 0 Å². The Labute approximate surface area is 116 Å². The first-order valence-electron chi connectivity index (χ1n) is 7.50. The van der Waals surface area contributed by atoms with Gasteiger partial charge in [-0.2, -0.15) is 0 Å². The highest BCUT2D eigenvalue weighted by molar-refractivity contribution is 5.78. The average Bonchev–Trinajstić information content (AvgIpc) is 2.42. The molecule has 0 aliphatic carbocycles. The Balaban J connectivity index is 1.53. The van der Waals surface area contributed by atoms with Gasteiger partial charge in [-0.15, -0.1) is 0 Å². The van der Waals surface area contributed by atoms with Crippen molar-refractivity contribution in [3.8, 4) is 0 Å². The maximum Gasteiger partial charge on any atom is 0.234 e. The van der Waals surface area contributed by atoms with Crippen molar-refractivity contribution < 1.29 is 9.53 Å². The van der Waals surface area contributed by atoms with Gasteiger partial charge in [-0.3, -0.25) is 4.79 Å². The standard InChI is InChI=1S/C14H27N3O2/c1-17-6-2-12(3-7-17)10-15-11-14(18)16-13-4-8-19-9-5-13/h12-13,15H,2-11H2,1H3,(H,16,18). The molecule has 0 aromatic rings. The summed E-state index contributed by atoms with van der Waals surface area (Å²) in [5.41, 5.74) is 0. The fourth-order valence-corrected chi connectivity index (χ4v) is 2.78. The van der Waals surface area contributed by atoms with E-state index < -0.39 is 0 Å². The lowest BCUT2D eigenvalue weighted by Gasteiger charge is -2.29. The van der Waals surface area contributed by atoms with E-state index in [9.17, 15) is 4.79 Å². The molecule has 2 aliphatic rings. The van der Waals surface area contributed by atoms with Gasteiger partial charge < -0.3 is 20.3 Å². The second-order valence-corrected chi connectivity index (χ2v) is 5.83. The number of amides is 1. The highest BCUT2D eigenvalue weighted by Crippen LogP contribution is 2.14. The summed E-state index contributed by atoms with van der Waals surface area (Å²) in [5, 5.41) is 6.37. The molecular weight excluding hydrogens is 242 g/mol. The predicted molar refractivity (Wildman–Crippen MR) is 75.1 cm³/mol. The molecule has 0 saturated carbocycles. The Morgan fingerprint density at radius 1 is 1.21 bits per heavy atom. The second-order valence-electron chi connectivity index (χ2n) is 5.83. The van der Waals surface area contributed by atoms with Crippen LogP contribution >= 0.6 is 0 Å². The topological polar surface area (TPSA) is 53.6 Å². The van der Waals surface area contributed by atoms with Crippen LogP contribution in [0.25, 0.3) is 0 Å². The molecule has 5 nitrogen and oxygen atoms in total. The number of nitrogens with zero attached hydrogens (tertiary/aromatic N) is 1. The van der Waals surface area contributed by atoms with Gasteiger partial charge in [0.15, 0.2) is 0 Å². The van der Waals surface area contributed by atoms with Crippen molar-refractivity contribution in [2.24, 2.45) is 5.92 Å². The van der Waals surface area contributed by atoms with E-state index in [0.717, 1.165) is 38.5 Å². The van der Waals surface area contributed by atoms with Crippen LogP contribution < -0.4 is 10.6 Å². The highest BCUT2D eigenvalue weighted by atomic mass is 16.5. The predicted octanol–water partition coefficient (Wildman–Crippen LogP) is 0.213. The van der Waals surface area contributed by atoms with Gasteiger partial charge in [0.25, 0.3) is 0 Å². The Bertz CT molecular complexity index is 272. The van der Waals surface area contributed by atoms with E-state index >= 15 is 0 Å². The molecule has 0 unspecified atom stereocenters. The third-order valence-corrected chi connectivity index (χ3v) is 4.14. The van der Waals surface area contributed by atoms with Crippen molar-refractivity contribution in [3.63, 3.8) is 0 Å². The molecule has 19 heavy (non-hydrogen) atoms. The summed E-state index contributed by atoms with van der Waals surface area (Å²) in [6, 6.07) is 0.311. The summed E-state index contributed by atoms with van der Waals surface area (Å²) in [6.45, 7) is 5.32. The number of carbonyl (C=O) groups is 1. The summed E-state index contributed by atoms with van der Waals surface area (Å²) in [4.78, 5) is 14.2. The molecule has 2 heterocycles. The van der Waals surface area contributed by atoms with Crippen molar-refractivity contribution >= 4 is 5.91 Å². The Morgan fingerprint density at radius 2 is 1.89 bits per heavy atom. The number of hydrogen-bond donors (Lipinski definition) is 2. The number of likely N-dealkylation sites (tertiary alicyclic amines) is 1. The van der Waals surface area contributed by atoms with Crippen molar-refractivity contribution in [1.82, 2.24) is 15.5 Å². The summed E-state index contributed by atoms with van der Waals surface area (Å²) >= 11 is 0. The molecule has 0 aromatic carbocycles. The molecule has 2 aliphatic heterocycles. The molecule has 2 saturated heterocycles. The molecule has 0 spiro atoms. The van der Waals surface area contributed by atoms with Gasteiger partial charge >= 0.3 is 0 Å². The van der Waals surface area contributed by atoms with Gasteiger partial charge in [0.2, 0.25) is 5.91 Å². The molecule has 2 fully saturated rings. The lowest BCUT2D eigenvalue weighted by Crippen LogP contribution is -2.44. The van der Waals surface area contributed by atoms with Crippen LogP contribution in [-0.2, 0) is 9.53 Å². The van der Waals surface area contributed by atoms with Gasteiger partial charge in [0, 0.05) is 19.3 Å². The molecule has 5 heteroatoms. The largest absolute Gasteiger partial charge is 0.381 e. The quantitative estimate of drug-likeness (QED) is 0.749. The second kappa shape index (κ2) is 7.82. The van der Waals surface area contributed by atoms with E-state index in [1.807, 2.05) is 0 Å². The first-order valence-corrected chi connectivity index (χ1v) is 7.50. The highest BCUT2D eigenvalue weighted by Gasteiger charge is 2.18. The fourth-order valence-electron chi connectivity index (χ4n) is 2.78. The van der Waals surface area contributed by atoms with E-state index in [2.05, 4.69) is 22.6 Å². The van der Waals surface area contributed by atoms with E-state index in [0.29, 0.717) is 12.6 Å². The number of nitrogens with one attached hydrogen (secondary N) is 2. The zero-order chi connectivity index (χ0) is 13.5. The van der Waals surface area contributed by atoms with Crippen molar-refractivity contribution in [3.05, 3.63) is 0 Å². The van der Waals surface area contributed by atoms with Gasteiger partial charge in [0.1, 0.15) is 0 Å². The van der Waals surface area contributed by atoms with Crippen molar-refractivity contribution in [1.29, 1.82) is 0 Å². The van der Waals surface area contributed by atoms with Crippen LogP contribution in [0.3, 0.4) is 0 Å². The van der Waals surface area contributed by atoms with Crippen LogP contribution in [-0.4, -0.2) is 63.3 Å². The maximum absolute atomic E-state index is 11.8. The van der Waals surface area contributed by atoms with Crippen molar-refractivity contribution in [2.45, 2.75) is 31.7 Å². The van der Waals surface area contributed by atoms with Gasteiger partial charge in [0.05, 0.1) is 6.54 Å². The van der Waals surface area contributed by atoms with E-state index in [-0.39, 0.29) is 5.91 Å². The average molecular weight is 269 g/mol. The lowest BCUT2D eigenvalue weighted by molar-refractivity contribution is -0.121. The van der Waals surface area contributed by atoms with Gasteiger partial charge in [-0.25, -0.2) is 0 Å². The molecule has 2 rings (SSSR count). The first-order chi connectivity index (χ1) is 9.24. The zero-order valence-electron chi connectivity index (χ0n) is 12.0. The summed E-state index contributed by atoms with van der Waals surface area (Å²) in [5.74, 6) is 0.854. The number of hydrogen-bond acceptors (Lipinski definition) is 4. The molecular formula is C14H27N3O2. The summed E-state index contributed by atoms with van der Waals surface area (Å²) < 4.78 is 5.28. The fraction of sp³-hybridized carbons (Fsp3) is 0.929. The Kier molecular flexibility index (Phi) is 6.07. The first kappa shape index (κ1) is 14.8. The van der Waals surface area contributed by atoms with Crippen LogP contribution in [0.1, 0.15) is 25.7 Å². The maximum atomic E-state index is 11.8. The summed E-state index contributed by atoms with van der Waals surface area (Å²) in [6.07, 6.45) is 4.37. The molecule has 0 atom stereocenters. The monoisotopic (exact) mass is 269 g/mol. The molecule has 0 bridgehead atoms. The number of rotatable bonds is 5. The minimum absolute atomic E-state index is 0.125. The lowest BCUT2D eigenvalue weighted by atomic mass is 9.97. The molecule has 0 radical (unpaired) electrons. The molecule has 0 aromatic heterocycles. The normalized spacial score (nSPS) is 23.4. The zero-order valence-corrected chi connectivity index (χ0v) is 12.0. The minimum Gasteiger partial charge on any atom is -0.381 e. The van der Waals surface area contributed by atoms with E-state index in [1.165, 1.54) is 25.9 Å². The Hall–Kier alpha value is -0.650. The third-order valence-electron chi connectivity index (χ3n) is 4.14. The van der Waals surface area contributed by atoms with Gasteiger partial charge in [-0.05, 0) is 58.3 Å². The molecule has 110 valence electrons. The van der Waals surface area contributed by atoms with E-state index in [4.69, 9.17) is 4.74 Å². The number of piperidine rings is 1. The van der Waals surface area contributed by atoms with Gasteiger partial charge in [-0.1, -0.05) is 0 Å². The summed E-state index contributed by atoms with van der Waals surface area (Å²) in [7, 11) is 2.17. The van der Waals surface area contributed by atoms with Crippen LogP contribution in [0.2, 0.25) is 0 Å².